The number of halogens is 6. The molecule has 3 atom stereocenters. The smallest absolute Gasteiger partial charge is 0.371 e. The zero-order valence-corrected chi connectivity index (χ0v) is 20.0. The van der Waals surface area contributed by atoms with Crippen molar-refractivity contribution in [1.82, 2.24) is 5.32 Å². The molecule has 1 heterocycles. The van der Waals surface area contributed by atoms with Gasteiger partial charge in [-0.25, -0.2) is 0 Å². The molecule has 0 aromatic heterocycles. The Balaban J connectivity index is 1.97. The summed E-state index contributed by atoms with van der Waals surface area (Å²) in [5.41, 5.74) is -4.68. The van der Waals surface area contributed by atoms with E-state index in [2.05, 4.69) is 23.5 Å². The molecule has 1 amide bonds. The van der Waals surface area contributed by atoms with Crippen LogP contribution in [0.15, 0.2) is 78.8 Å². The van der Waals surface area contributed by atoms with Crippen LogP contribution in [0.2, 0.25) is 0 Å². The lowest BCUT2D eigenvalue weighted by atomic mass is 9.90. The zero-order chi connectivity index (χ0) is 27.5. The summed E-state index contributed by atoms with van der Waals surface area (Å²) in [6, 6.07) is 10.1. The Hall–Kier alpha value is -3.40. The molecule has 0 aliphatic carbocycles. The average molecular weight is 525 g/mol. The predicted molar refractivity (Wildman–Crippen MR) is 128 cm³/mol. The second-order valence-electron chi connectivity index (χ2n) is 8.84. The molecule has 1 unspecified atom stereocenters. The first-order valence-corrected chi connectivity index (χ1v) is 11.3. The predicted octanol–water partition coefficient (Wildman–Crippen LogP) is 6.79. The molecule has 4 nitrogen and oxygen atoms in total. The Bertz CT molecular complexity index is 1140. The molecule has 198 valence electrons. The van der Waals surface area contributed by atoms with Gasteiger partial charge in [0, 0.05) is 12.6 Å². The molecular formula is C27H26F6N2O2. The highest BCUT2D eigenvalue weighted by Crippen LogP contribution is 2.39. The third-order valence-corrected chi connectivity index (χ3v) is 6.27. The van der Waals surface area contributed by atoms with Gasteiger partial charge in [-0.1, -0.05) is 42.5 Å². The van der Waals surface area contributed by atoms with Crippen LogP contribution in [0.3, 0.4) is 0 Å². The summed E-state index contributed by atoms with van der Waals surface area (Å²) < 4.78 is 85.7. The van der Waals surface area contributed by atoms with Gasteiger partial charge in [-0.3, -0.25) is 9.79 Å². The van der Waals surface area contributed by atoms with E-state index in [1.807, 2.05) is 0 Å². The normalized spacial score (nSPS) is 20.9. The van der Waals surface area contributed by atoms with Gasteiger partial charge in [0.25, 0.3) is 0 Å². The van der Waals surface area contributed by atoms with E-state index >= 15 is 0 Å². The third kappa shape index (κ3) is 6.49. The van der Waals surface area contributed by atoms with Crippen molar-refractivity contribution >= 4 is 12.1 Å². The summed E-state index contributed by atoms with van der Waals surface area (Å²) in [4.78, 5) is 16.5. The Morgan fingerprint density at radius 3 is 2.08 bits per heavy atom. The highest BCUT2D eigenvalue weighted by molar-refractivity contribution is 5.89. The Kier molecular flexibility index (Phi) is 8.02. The lowest BCUT2D eigenvalue weighted by molar-refractivity contribution is -0.143. The van der Waals surface area contributed by atoms with E-state index in [1.165, 1.54) is 19.2 Å². The maximum atomic E-state index is 13.3. The molecule has 0 saturated carbocycles. The van der Waals surface area contributed by atoms with Gasteiger partial charge in [0.15, 0.2) is 0 Å². The fourth-order valence-corrected chi connectivity index (χ4v) is 3.95. The van der Waals surface area contributed by atoms with Gasteiger partial charge in [-0.05, 0) is 42.7 Å². The lowest BCUT2D eigenvalue weighted by Crippen LogP contribution is -2.42. The highest BCUT2D eigenvalue weighted by Gasteiger charge is 2.38. The topological polar surface area (TPSA) is 50.7 Å². The molecule has 3 rings (SSSR count). The molecule has 1 saturated heterocycles. The Labute approximate surface area is 210 Å². The maximum Gasteiger partial charge on any atom is 0.416 e. The minimum Gasteiger partial charge on any atom is -0.371 e. The molecule has 10 heteroatoms. The van der Waals surface area contributed by atoms with Gasteiger partial charge in [0.2, 0.25) is 5.91 Å². The van der Waals surface area contributed by atoms with E-state index in [0.717, 1.165) is 0 Å². The highest BCUT2D eigenvalue weighted by atomic mass is 19.4. The number of nitrogens with one attached hydrogen (secondary N) is 1. The summed E-state index contributed by atoms with van der Waals surface area (Å²) in [6.45, 7) is 8.74. The van der Waals surface area contributed by atoms with Crippen molar-refractivity contribution in [2.75, 3.05) is 6.61 Å². The number of benzene rings is 2. The van der Waals surface area contributed by atoms with Crippen LogP contribution >= 0.6 is 0 Å². The average Bonchev–Trinajstić information content (AvgIpc) is 3.24. The fraction of sp³-hybridized carbons (Fsp3) is 0.333. The van der Waals surface area contributed by atoms with Gasteiger partial charge < -0.3 is 10.1 Å². The van der Waals surface area contributed by atoms with Gasteiger partial charge in [-0.15, -0.1) is 13.2 Å². The van der Waals surface area contributed by atoms with Crippen LogP contribution in [0.4, 0.5) is 26.3 Å². The number of carbonyl (C=O) groups is 1. The summed E-state index contributed by atoms with van der Waals surface area (Å²) >= 11 is 0. The minimum absolute atomic E-state index is 0.0726. The van der Waals surface area contributed by atoms with Crippen molar-refractivity contribution in [3.8, 4) is 0 Å². The first-order chi connectivity index (χ1) is 17.2. The number of hydrogen-bond acceptors (Lipinski definition) is 3. The number of carbonyl (C=O) groups excluding carboxylic acids is 1. The summed E-state index contributed by atoms with van der Waals surface area (Å²) in [5, 5.41) is 2.80. The quantitative estimate of drug-likeness (QED) is 0.223. The fourth-order valence-electron chi connectivity index (χ4n) is 3.95. The van der Waals surface area contributed by atoms with Crippen LogP contribution in [-0.4, -0.2) is 24.3 Å². The molecule has 0 radical (unpaired) electrons. The van der Waals surface area contributed by atoms with Crippen LogP contribution < -0.4 is 5.32 Å². The standard InChI is InChI=1S/C27H26F6N2O2/c1-4-24(12-11-23(36)35-24)16-34-25(5-2,20-9-7-6-8-10-20)17-37-18(3)19-13-21(26(28,29)30)15-22(14-19)27(31,32)33/h4-10,13-16,18H,1-2,11-12,17H2,3H3,(H,35,36)/t18-,24?,25-/m1/s1. The SMILES string of the molecule is C=CC1(C=N[C@](C=C)(CO[C@H](C)c2cc(C(F)(F)F)cc(C(F)(F)F)c2)c2ccccc2)CCC(=O)N1. The molecule has 2 aromatic carbocycles. The van der Waals surface area contributed by atoms with Crippen LogP contribution in [0, 0.1) is 0 Å². The van der Waals surface area contributed by atoms with Gasteiger partial charge in [0.05, 0.1) is 29.4 Å². The number of aliphatic imine (C=N–C) groups is 1. The number of ether oxygens (including phenoxy) is 1. The maximum absolute atomic E-state index is 13.3. The van der Waals surface area contributed by atoms with Crippen LogP contribution in [0.25, 0.3) is 0 Å². The number of alkyl halides is 6. The van der Waals surface area contributed by atoms with Crippen molar-refractivity contribution in [3.05, 3.63) is 96.1 Å². The van der Waals surface area contributed by atoms with E-state index < -0.39 is 40.7 Å². The van der Waals surface area contributed by atoms with Crippen molar-refractivity contribution in [1.29, 1.82) is 0 Å². The first-order valence-electron chi connectivity index (χ1n) is 11.3. The molecular weight excluding hydrogens is 498 g/mol. The summed E-state index contributed by atoms with van der Waals surface area (Å²) in [6.07, 6.45) is -5.87. The Morgan fingerprint density at radius 2 is 1.62 bits per heavy atom. The zero-order valence-electron chi connectivity index (χ0n) is 20.0. The second kappa shape index (κ2) is 10.5. The molecule has 2 aromatic rings. The third-order valence-electron chi connectivity index (χ3n) is 6.27. The van der Waals surface area contributed by atoms with Gasteiger partial charge in [-0.2, -0.15) is 26.3 Å². The largest absolute Gasteiger partial charge is 0.416 e. The molecule has 0 spiro atoms. The number of amides is 1. The van der Waals surface area contributed by atoms with Crippen LogP contribution in [0.1, 0.15) is 48.1 Å². The first kappa shape index (κ1) is 28.2. The van der Waals surface area contributed by atoms with Crippen molar-refractivity contribution < 1.29 is 35.9 Å². The monoisotopic (exact) mass is 524 g/mol. The van der Waals surface area contributed by atoms with E-state index in [9.17, 15) is 31.1 Å². The van der Waals surface area contributed by atoms with Crippen molar-refractivity contribution in [2.24, 2.45) is 4.99 Å². The lowest BCUT2D eigenvalue weighted by Gasteiger charge is -2.30. The number of hydrogen-bond donors (Lipinski definition) is 1. The molecule has 0 bridgehead atoms. The van der Waals surface area contributed by atoms with Gasteiger partial charge in [0.1, 0.15) is 5.54 Å². The van der Waals surface area contributed by atoms with E-state index in [4.69, 9.17) is 4.74 Å². The van der Waals surface area contributed by atoms with Crippen LogP contribution in [0.5, 0.6) is 0 Å². The molecule has 1 aliphatic heterocycles. The molecule has 37 heavy (non-hydrogen) atoms. The van der Waals surface area contributed by atoms with Crippen molar-refractivity contribution in [3.63, 3.8) is 0 Å². The van der Waals surface area contributed by atoms with E-state index in [-0.39, 0.29) is 30.6 Å². The van der Waals surface area contributed by atoms with Gasteiger partial charge >= 0.3 is 12.4 Å². The molecule has 1 fully saturated rings. The van der Waals surface area contributed by atoms with Crippen molar-refractivity contribution in [2.45, 2.75) is 49.3 Å². The van der Waals surface area contributed by atoms with Crippen LogP contribution in [-0.2, 0) is 27.4 Å². The summed E-state index contributed by atoms with van der Waals surface area (Å²) in [5.74, 6) is -0.176. The molecule has 1 aliphatic rings. The molecule has 1 N–H and O–H groups in total. The minimum atomic E-state index is -4.97. The summed E-state index contributed by atoms with van der Waals surface area (Å²) in [7, 11) is 0. The van der Waals surface area contributed by atoms with E-state index in [1.54, 1.807) is 36.4 Å². The second-order valence-corrected chi connectivity index (χ2v) is 8.84. The van der Waals surface area contributed by atoms with E-state index in [0.29, 0.717) is 24.1 Å². The Morgan fingerprint density at radius 1 is 1.03 bits per heavy atom. The number of nitrogens with zero attached hydrogens (tertiary/aromatic N) is 1. The number of rotatable bonds is 9.